The van der Waals surface area contributed by atoms with E-state index in [0.29, 0.717) is 16.9 Å². The van der Waals surface area contributed by atoms with E-state index >= 15 is 0 Å². The largest absolute Gasteiger partial charge is 0.411 e. The van der Waals surface area contributed by atoms with E-state index in [2.05, 4.69) is 22.3 Å². The van der Waals surface area contributed by atoms with Crippen LogP contribution in [0.25, 0.3) is 22.2 Å². The van der Waals surface area contributed by atoms with Crippen LogP contribution in [0.15, 0.2) is 52.1 Å². The van der Waals surface area contributed by atoms with Gasteiger partial charge in [-0.15, -0.1) is 10.2 Å². The highest BCUT2D eigenvalue weighted by molar-refractivity contribution is 7.99. The van der Waals surface area contributed by atoms with Gasteiger partial charge < -0.3 is 9.32 Å². The third-order valence-corrected chi connectivity index (χ3v) is 5.48. The van der Waals surface area contributed by atoms with Gasteiger partial charge in [-0.3, -0.25) is 4.79 Å². The number of benzene rings is 2. The zero-order valence-electron chi connectivity index (χ0n) is 14.6. The molecule has 1 aromatic heterocycles. The van der Waals surface area contributed by atoms with Gasteiger partial charge in [0.15, 0.2) is 0 Å². The quantitative estimate of drug-likeness (QED) is 0.640. The second-order valence-corrected chi connectivity index (χ2v) is 7.45. The lowest BCUT2D eigenvalue weighted by molar-refractivity contribution is -0.128. The highest BCUT2D eigenvalue weighted by atomic mass is 32.2. The molecule has 134 valence electrons. The number of amides is 1. The van der Waals surface area contributed by atoms with Gasteiger partial charge in [0, 0.05) is 18.7 Å². The molecule has 0 bridgehead atoms. The summed E-state index contributed by atoms with van der Waals surface area (Å²) < 4.78 is 5.75. The third kappa shape index (κ3) is 3.90. The summed E-state index contributed by atoms with van der Waals surface area (Å²) in [4.78, 5) is 14.3. The number of hydrogen-bond acceptors (Lipinski definition) is 5. The van der Waals surface area contributed by atoms with Gasteiger partial charge >= 0.3 is 0 Å². The summed E-state index contributed by atoms with van der Waals surface area (Å²) in [6.45, 7) is 1.73. The van der Waals surface area contributed by atoms with Crippen LogP contribution in [0.4, 0.5) is 0 Å². The molecule has 0 N–H and O–H groups in total. The van der Waals surface area contributed by atoms with Crippen molar-refractivity contribution in [2.75, 3.05) is 18.8 Å². The molecular formula is C20H21N3O2S. The predicted molar refractivity (Wildman–Crippen MR) is 103 cm³/mol. The van der Waals surface area contributed by atoms with Gasteiger partial charge in [-0.25, -0.2) is 0 Å². The Hall–Kier alpha value is -2.34. The van der Waals surface area contributed by atoms with Crippen LogP contribution in [-0.4, -0.2) is 39.8 Å². The molecule has 6 heteroatoms. The van der Waals surface area contributed by atoms with Crippen molar-refractivity contribution in [1.82, 2.24) is 15.1 Å². The Balaban J connectivity index is 1.41. The van der Waals surface area contributed by atoms with Crippen molar-refractivity contribution < 1.29 is 9.21 Å². The first-order valence-corrected chi connectivity index (χ1v) is 10.0. The van der Waals surface area contributed by atoms with Crippen molar-refractivity contribution in [3.05, 3.63) is 42.5 Å². The number of carbonyl (C=O) groups excluding carboxylic acids is 1. The van der Waals surface area contributed by atoms with Gasteiger partial charge in [-0.1, -0.05) is 54.9 Å². The van der Waals surface area contributed by atoms with Crippen molar-refractivity contribution in [3.63, 3.8) is 0 Å². The summed E-state index contributed by atoms with van der Waals surface area (Å²) >= 11 is 1.32. The molecule has 1 saturated heterocycles. The number of rotatable bonds is 4. The molecule has 0 aliphatic carbocycles. The normalized spacial score (nSPS) is 15.2. The van der Waals surface area contributed by atoms with E-state index in [-0.39, 0.29) is 5.91 Å². The van der Waals surface area contributed by atoms with Gasteiger partial charge in [0.1, 0.15) is 0 Å². The maximum Gasteiger partial charge on any atom is 0.277 e. The second kappa shape index (κ2) is 7.91. The topological polar surface area (TPSA) is 59.2 Å². The fraction of sp³-hybridized carbons (Fsp3) is 0.350. The molecule has 1 aliphatic rings. The van der Waals surface area contributed by atoms with Crippen LogP contribution in [0.3, 0.4) is 0 Å². The van der Waals surface area contributed by atoms with E-state index in [1.165, 1.54) is 30.0 Å². The SMILES string of the molecule is O=C(CSc1nnc(-c2ccc3ccccc3c2)o1)N1CCCCCC1. The lowest BCUT2D eigenvalue weighted by Gasteiger charge is -2.19. The number of aromatic nitrogens is 2. The van der Waals surface area contributed by atoms with Crippen LogP contribution in [-0.2, 0) is 4.79 Å². The summed E-state index contributed by atoms with van der Waals surface area (Å²) in [6, 6.07) is 14.2. The molecule has 2 aromatic carbocycles. The van der Waals surface area contributed by atoms with Crippen LogP contribution in [0.5, 0.6) is 0 Å². The van der Waals surface area contributed by atoms with Gasteiger partial charge in [0.25, 0.3) is 5.22 Å². The molecule has 1 amide bonds. The average molecular weight is 367 g/mol. The summed E-state index contributed by atoms with van der Waals surface area (Å²) in [7, 11) is 0. The lowest BCUT2D eigenvalue weighted by Crippen LogP contribution is -2.33. The second-order valence-electron chi connectivity index (χ2n) is 6.52. The number of likely N-dealkylation sites (tertiary alicyclic amines) is 1. The minimum Gasteiger partial charge on any atom is -0.411 e. The number of fused-ring (bicyclic) bond motifs is 1. The van der Waals surface area contributed by atoms with E-state index in [4.69, 9.17) is 4.42 Å². The first-order chi connectivity index (χ1) is 12.8. The van der Waals surface area contributed by atoms with Crippen LogP contribution in [0.2, 0.25) is 0 Å². The number of carbonyl (C=O) groups is 1. The van der Waals surface area contributed by atoms with E-state index in [9.17, 15) is 4.79 Å². The average Bonchev–Trinajstić information content (AvgIpc) is 2.99. The molecule has 1 fully saturated rings. The number of hydrogen-bond donors (Lipinski definition) is 0. The van der Waals surface area contributed by atoms with Crippen molar-refractivity contribution in [2.24, 2.45) is 0 Å². The summed E-state index contributed by atoms with van der Waals surface area (Å²) in [6.07, 6.45) is 4.64. The standard InChI is InChI=1S/C20H21N3O2S/c24-18(23-11-5-1-2-6-12-23)14-26-20-22-21-19(25-20)17-10-9-15-7-3-4-8-16(15)13-17/h3-4,7-10,13H,1-2,5-6,11-12,14H2. The highest BCUT2D eigenvalue weighted by Gasteiger charge is 2.17. The minimum absolute atomic E-state index is 0.155. The van der Waals surface area contributed by atoms with Crippen molar-refractivity contribution >= 4 is 28.4 Å². The van der Waals surface area contributed by atoms with E-state index in [0.717, 1.165) is 36.9 Å². The first-order valence-electron chi connectivity index (χ1n) is 9.03. The number of thioether (sulfide) groups is 1. The van der Waals surface area contributed by atoms with Gasteiger partial charge in [-0.2, -0.15) is 0 Å². The number of nitrogens with zero attached hydrogens (tertiary/aromatic N) is 3. The van der Waals surface area contributed by atoms with Crippen LogP contribution in [0, 0.1) is 0 Å². The minimum atomic E-state index is 0.155. The highest BCUT2D eigenvalue weighted by Crippen LogP contribution is 2.26. The Morgan fingerprint density at radius 3 is 2.58 bits per heavy atom. The molecule has 0 atom stereocenters. The molecule has 2 heterocycles. The molecule has 0 saturated carbocycles. The van der Waals surface area contributed by atoms with Crippen molar-refractivity contribution in [1.29, 1.82) is 0 Å². The Kier molecular flexibility index (Phi) is 5.20. The molecular weight excluding hydrogens is 346 g/mol. The molecule has 5 nitrogen and oxygen atoms in total. The predicted octanol–water partition coefficient (Wildman–Crippen LogP) is 4.38. The monoisotopic (exact) mass is 367 g/mol. The Morgan fingerprint density at radius 1 is 1.00 bits per heavy atom. The summed E-state index contributed by atoms with van der Waals surface area (Å²) in [5.41, 5.74) is 0.891. The third-order valence-electron chi connectivity index (χ3n) is 4.68. The van der Waals surface area contributed by atoms with Gasteiger partial charge in [0.05, 0.1) is 5.75 Å². The fourth-order valence-electron chi connectivity index (χ4n) is 3.24. The Labute approximate surface area is 156 Å². The van der Waals surface area contributed by atoms with Crippen molar-refractivity contribution in [3.8, 4) is 11.5 Å². The lowest BCUT2D eigenvalue weighted by atomic mass is 10.1. The summed E-state index contributed by atoms with van der Waals surface area (Å²) in [5, 5.41) is 11.0. The van der Waals surface area contributed by atoms with E-state index in [1.54, 1.807) is 0 Å². The van der Waals surface area contributed by atoms with Crippen molar-refractivity contribution in [2.45, 2.75) is 30.9 Å². The molecule has 3 aromatic rings. The molecule has 4 rings (SSSR count). The fourth-order valence-corrected chi connectivity index (χ4v) is 3.91. The zero-order valence-corrected chi connectivity index (χ0v) is 15.4. The van der Waals surface area contributed by atoms with Gasteiger partial charge in [-0.05, 0) is 35.7 Å². The Bertz CT molecular complexity index is 901. The smallest absolute Gasteiger partial charge is 0.277 e. The maximum atomic E-state index is 12.4. The zero-order chi connectivity index (χ0) is 17.8. The first kappa shape index (κ1) is 17.1. The van der Waals surface area contributed by atoms with E-state index < -0.39 is 0 Å². The van der Waals surface area contributed by atoms with Crippen LogP contribution in [0.1, 0.15) is 25.7 Å². The van der Waals surface area contributed by atoms with E-state index in [1.807, 2.05) is 35.2 Å². The molecule has 26 heavy (non-hydrogen) atoms. The summed E-state index contributed by atoms with van der Waals surface area (Å²) in [5.74, 6) is 0.988. The molecule has 0 radical (unpaired) electrons. The van der Waals surface area contributed by atoms with Crippen LogP contribution < -0.4 is 0 Å². The molecule has 1 aliphatic heterocycles. The molecule has 0 spiro atoms. The molecule has 0 unspecified atom stereocenters. The maximum absolute atomic E-state index is 12.4. The van der Waals surface area contributed by atoms with Crippen LogP contribution >= 0.6 is 11.8 Å². The Morgan fingerprint density at radius 2 is 1.77 bits per heavy atom. The van der Waals surface area contributed by atoms with Gasteiger partial charge in [0.2, 0.25) is 11.8 Å².